The Bertz CT molecular complexity index is 595. The van der Waals surface area contributed by atoms with Gasteiger partial charge < -0.3 is 10.6 Å². The number of hydrogen-bond acceptors (Lipinski definition) is 5. The minimum absolute atomic E-state index is 0.0117. The van der Waals surface area contributed by atoms with E-state index in [0.29, 0.717) is 23.1 Å². The van der Waals surface area contributed by atoms with Crippen molar-refractivity contribution in [2.75, 3.05) is 18.0 Å². The molecular weight excluding hydrogens is 256 g/mol. The van der Waals surface area contributed by atoms with Gasteiger partial charge in [0.25, 0.3) is 5.69 Å². The van der Waals surface area contributed by atoms with Gasteiger partial charge in [-0.25, -0.2) is 0 Å². The van der Waals surface area contributed by atoms with Crippen LogP contribution >= 0.6 is 0 Å². The van der Waals surface area contributed by atoms with Crippen molar-refractivity contribution in [3.63, 3.8) is 0 Å². The summed E-state index contributed by atoms with van der Waals surface area (Å²) in [7, 11) is 0. The first-order valence-corrected chi connectivity index (χ1v) is 6.79. The van der Waals surface area contributed by atoms with E-state index in [0.717, 1.165) is 25.9 Å². The molecule has 6 nitrogen and oxygen atoms in total. The molecule has 1 aromatic carbocycles. The van der Waals surface area contributed by atoms with Crippen LogP contribution in [-0.2, 0) is 0 Å². The second-order valence-corrected chi connectivity index (χ2v) is 5.64. The fourth-order valence-corrected chi connectivity index (χ4v) is 3.51. The maximum Gasteiger partial charge on any atom is 0.293 e. The molecule has 1 saturated heterocycles. The van der Waals surface area contributed by atoms with Crippen molar-refractivity contribution in [3.8, 4) is 6.07 Å². The normalized spacial score (nSPS) is 28.2. The SMILES string of the molecule is N#Cc1ccc(N2CC3CCC(N)C3C2)c([N+](=O)[O-])c1. The van der Waals surface area contributed by atoms with Crippen LogP contribution in [-0.4, -0.2) is 24.1 Å². The lowest BCUT2D eigenvalue weighted by Crippen LogP contribution is -2.30. The maximum absolute atomic E-state index is 11.2. The molecule has 6 heteroatoms. The van der Waals surface area contributed by atoms with Crippen molar-refractivity contribution in [2.45, 2.75) is 18.9 Å². The number of anilines is 1. The van der Waals surface area contributed by atoms with Crippen LogP contribution in [0.2, 0.25) is 0 Å². The molecule has 2 aliphatic rings. The molecule has 1 heterocycles. The van der Waals surface area contributed by atoms with Crippen LogP contribution in [0, 0.1) is 33.3 Å². The molecule has 20 heavy (non-hydrogen) atoms. The first kappa shape index (κ1) is 12.9. The summed E-state index contributed by atoms with van der Waals surface area (Å²) in [6.45, 7) is 1.60. The topological polar surface area (TPSA) is 96.2 Å². The van der Waals surface area contributed by atoms with Crippen molar-refractivity contribution in [1.29, 1.82) is 5.26 Å². The smallest absolute Gasteiger partial charge is 0.293 e. The molecule has 0 spiro atoms. The summed E-state index contributed by atoms with van der Waals surface area (Å²) in [5.41, 5.74) is 7.04. The number of rotatable bonds is 2. The number of nitro benzene ring substituents is 1. The lowest BCUT2D eigenvalue weighted by molar-refractivity contribution is -0.384. The standard InChI is InChI=1S/C14H16N4O2/c15-6-9-1-4-13(14(5-9)18(19)20)17-7-10-2-3-12(16)11(10)8-17/h1,4-5,10-12H,2-3,7-8,16H2. The summed E-state index contributed by atoms with van der Waals surface area (Å²) < 4.78 is 0. The third-order valence-electron chi connectivity index (χ3n) is 4.55. The molecule has 3 unspecified atom stereocenters. The van der Waals surface area contributed by atoms with Gasteiger partial charge in [-0.2, -0.15) is 5.26 Å². The summed E-state index contributed by atoms with van der Waals surface area (Å²) >= 11 is 0. The van der Waals surface area contributed by atoms with E-state index < -0.39 is 4.92 Å². The molecule has 1 aromatic rings. The van der Waals surface area contributed by atoms with E-state index in [1.165, 1.54) is 6.07 Å². The van der Waals surface area contributed by atoms with Gasteiger partial charge in [-0.3, -0.25) is 10.1 Å². The number of benzene rings is 1. The fraction of sp³-hybridized carbons (Fsp3) is 0.500. The molecule has 1 aliphatic carbocycles. The van der Waals surface area contributed by atoms with E-state index in [1.807, 2.05) is 11.0 Å². The fourth-order valence-electron chi connectivity index (χ4n) is 3.51. The van der Waals surface area contributed by atoms with E-state index in [9.17, 15) is 10.1 Å². The third-order valence-corrected chi connectivity index (χ3v) is 4.55. The van der Waals surface area contributed by atoms with Gasteiger partial charge >= 0.3 is 0 Å². The van der Waals surface area contributed by atoms with Crippen LogP contribution in [0.25, 0.3) is 0 Å². The van der Waals surface area contributed by atoms with Crippen LogP contribution in [0.15, 0.2) is 18.2 Å². The van der Waals surface area contributed by atoms with Gasteiger partial charge in [-0.15, -0.1) is 0 Å². The van der Waals surface area contributed by atoms with E-state index >= 15 is 0 Å². The minimum atomic E-state index is -0.412. The number of fused-ring (bicyclic) bond motifs is 1. The zero-order valence-electron chi connectivity index (χ0n) is 11.0. The van der Waals surface area contributed by atoms with Gasteiger partial charge in [-0.05, 0) is 36.8 Å². The second kappa shape index (κ2) is 4.76. The molecule has 0 aromatic heterocycles. The quantitative estimate of drug-likeness (QED) is 0.652. The summed E-state index contributed by atoms with van der Waals surface area (Å²) in [6.07, 6.45) is 2.16. The molecule has 0 amide bonds. The average molecular weight is 272 g/mol. The van der Waals surface area contributed by atoms with E-state index in [4.69, 9.17) is 11.0 Å². The van der Waals surface area contributed by atoms with Crippen LogP contribution in [0.5, 0.6) is 0 Å². The van der Waals surface area contributed by atoms with Crippen molar-refractivity contribution in [1.82, 2.24) is 0 Å². The van der Waals surface area contributed by atoms with Gasteiger partial charge in [0.15, 0.2) is 0 Å². The Hall–Kier alpha value is -2.13. The Morgan fingerprint density at radius 2 is 2.20 bits per heavy atom. The highest BCUT2D eigenvalue weighted by Gasteiger charge is 2.42. The zero-order chi connectivity index (χ0) is 14.3. The molecule has 1 saturated carbocycles. The van der Waals surface area contributed by atoms with Gasteiger partial charge in [0, 0.05) is 25.2 Å². The third kappa shape index (κ3) is 2.00. The van der Waals surface area contributed by atoms with Crippen LogP contribution < -0.4 is 10.6 Å². The lowest BCUT2D eigenvalue weighted by Gasteiger charge is -2.20. The zero-order valence-corrected chi connectivity index (χ0v) is 11.0. The lowest BCUT2D eigenvalue weighted by atomic mass is 9.98. The largest absolute Gasteiger partial charge is 0.365 e. The Morgan fingerprint density at radius 3 is 2.85 bits per heavy atom. The number of hydrogen-bond donors (Lipinski definition) is 1. The minimum Gasteiger partial charge on any atom is -0.365 e. The predicted molar refractivity (Wildman–Crippen MR) is 74.2 cm³/mol. The average Bonchev–Trinajstić information content (AvgIpc) is 3.00. The number of nitrogens with zero attached hydrogens (tertiary/aromatic N) is 3. The van der Waals surface area contributed by atoms with Gasteiger partial charge in [0.1, 0.15) is 5.69 Å². The molecule has 3 atom stereocenters. The monoisotopic (exact) mass is 272 g/mol. The Balaban J connectivity index is 1.92. The number of nitriles is 1. The summed E-state index contributed by atoms with van der Waals surface area (Å²) in [4.78, 5) is 12.8. The highest BCUT2D eigenvalue weighted by Crippen LogP contribution is 2.41. The van der Waals surface area contributed by atoms with Gasteiger partial charge in [0.2, 0.25) is 0 Å². The van der Waals surface area contributed by atoms with Crippen LogP contribution in [0.3, 0.4) is 0 Å². The van der Waals surface area contributed by atoms with Crippen LogP contribution in [0.1, 0.15) is 18.4 Å². The molecule has 0 radical (unpaired) electrons. The first-order valence-electron chi connectivity index (χ1n) is 6.79. The highest BCUT2D eigenvalue weighted by molar-refractivity contribution is 5.66. The first-order chi connectivity index (χ1) is 9.60. The molecule has 0 bridgehead atoms. The van der Waals surface area contributed by atoms with Crippen molar-refractivity contribution >= 4 is 11.4 Å². The van der Waals surface area contributed by atoms with Crippen molar-refractivity contribution < 1.29 is 4.92 Å². The van der Waals surface area contributed by atoms with E-state index in [2.05, 4.69) is 0 Å². The summed E-state index contributed by atoms with van der Waals surface area (Å²) in [5.74, 6) is 0.977. The Kier molecular flexibility index (Phi) is 3.07. The molecule has 3 rings (SSSR count). The van der Waals surface area contributed by atoms with Crippen molar-refractivity contribution in [3.05, 3.63) is 33.9 Å². The molecule has 2 N–H and O–H groups in total. The molecule has 104 valence electrons. The van der Waals surface area contributed by atoms with Gasteiger partial charge in [0.05, 0.1) is 16.6 Å². The van der Waals surface area contributed by atoms with Gasteiger partial charge in [-0.1, -0.05) is 0 Å². The summed E-state index contributed by atoms with van der Waals surface area (Å²) in [6, 6.07) is 6.82. The molecular formula is C14H16N4O2. The predicted octanol–water partition coefficient (Wildman–Crippen LogP) is 1.64. The molecule has 1 aliphatic heterocycles. The second-order valence-electron chi connectivity index (χ2n) is 5.64. The number of nitrogens with two attached hydrogens (primary N) is 1. The Morgan fingerprint density at radius 1 is 1.40 bits per heavy atom. The van der Waals surface area contributed by atoms with E-state index in [1.54, 1.807) is 12.1 Å². The molecule has 2 fully saturated rings. The van der Waals surface area contributed by atoms with Crippen LogP contribution in [0.4, 0.5) is 11.4 Å². The number of nitro groups is 1. The Labute approximate surface area is 116 Å². The summed E-state index contributed by atoms with van der Waals surface area (Å²) in [5, 5.41) is 20.1. The highest BCUT2D eigenvalue weighted by atomic mass is 16.6. The maximum atomic E-state index is 11.2. The van der Waals surface area contributed by atoms with Crippen molar-refractivity contribution in [2.24, 2.45) is 17.6 Å². The van der Waals surface area contributed by atoms with E-state index in [-0.39, 0.29) is 11.7 Å².